The fourth-order valence-corrected chi connectivity index (χ4v) is 4.43. The number of carbonyl (C=O) groups excluding carboxylic acids is 1. The fraction of sp³-hybridized carbons (Fsp3) is 0.316. The van der Waals surface area contributed by atoms with Gasteiger partial charge in [-0.2, -0.15) is 0 Å². The summed E-state index contributed by atoms with van der Waals surface area (Å²) in [5, 5.41) is 0.242. The number of halogens is 1. The van der Waals surface area contributed by atoms with Crippen molar-refractivity contribution in [3.05, 3.63) is 64.2 Å². The van der Waals surface area contributed by atoms with Crippen molar-refractivity contribution in [1.29, 1.82) is 0 Å². The van der Waals surface area contributed by atoms with Gasteiger partial charge in [-0.1, -0.05) is 35.9 Å². The van der Waals surface area contributed by atoms with Gasteiger partial charge in [0.05, 0.1) is 21.5 Å². The number of carbonyl (C=O) groups is 1. The largest absolute Gasteiger partial charge is 0.335 e. The zero-order valence-corrected chi connectivity index (χ0v) is 16.5. The highest BCUT2D eigenvalue weighted by molar-refractivity contribution is 7.89. The highest BCUT2D eigenvalue weighted by atomic mass is 35.5. The van der Waals surface area contributed by atoms with Crippen LogP contribution in [0.4, 0.5) is 0 Å². The molecule has 0 aliphatic heterocycles. The van der Waals surface area contributed by atoms with E-state index in [0.29, 0.717) is 0 Å². The maximum absolute atomic E-state index is 13.0. The van der Waals surface area contributed by atoms with Crippen LogP contribution < -0.4 is 0 Å². The quantitative estimate of drug-likeness (QED) is 0.801. The lowest BCUT2D eigenvalue weighted by molar-refractivity contribution is 0.0730. The van der Waals surface area contributed by atoms with Crippen LogP contribution in [0.15, 0.2) is 47.4 Å². The molecule has 0 saturated carbocycles. The van der Waals surface area contributed by atoms with Gasteiger partial charge < -0.3 is 4.90 Å². The Kier molecular flexibility index (Phi) is 5.10. The minimum absolute atomic E-state index is 0.0381. The number of hydrogen-bond donors (Lipinski definition) is 0. The molecule has 138 valence electrons. The van der Waals surface area contributed by atoms with E-state index in [-0.39, 0.29) is 27.4 Å². The standard InChI is InChI=1S/C19H21ClN2O3S/c1-21(2)26(24,25)14-9-10-17(20)16(12-14)19(23)22(3)18-11-8-13-6-4-5-7-15(13)18/h4-7,9-10,12,18H,8,11H2,1-3H3/t18-/m1/s1. The predicted octanol–water partition coefficient (Wildman–Crippen LogP) is 3.35. The van der Waals surface area contributed by atoms with Gasteiger partial charge in [-0.3, -0.25) is 4.79 Å². The first-order valence-electron chi connectivity index (χ1n) is 8.30. The second-order valence-electron chi connectivity index (χ2n) is 6.60. The summed E-state index contributed by atoms with van der Waals surface area (Å²) in [7, 11) is 0.998. The van der Waals surface area contributed by atoms with Gasteiger partial charge in [0.25, 0.3) is 5.91 Å². The van der Waals surface area contributed by atoms with E-state index >= 15 is 0 Å². The minimum Gasteiger partial charge on any atom is -0.335 e. The summed E-state index contributed by atoms with van der Waals surface area (Å²) >= 11 is 6.22. The first-order valence-corrected chi connectivity index (χ1v) is 10.1. The molecule has 0 aromatic heterocycles. The summed E-state index contributed by atoms with van der Waals surface area (Å²) in [5.74, 6) is -0.285. The number of benzene rings is 2. The summed E-state index contributed by atoms with van der Waals surface area (Å²) in [6.45, 7) is 0. The van der Waals surface area contributed by atoms with E-state index in [1.54, 1.807) is 11.9 Å². The number of amides is 1. The summed E-state index contributed by atoms with van der Waals surface area (Å²) in [6.07, 6.45) is 1.76. The van der Waals surface area contributed by atoms with Crippen molar-refractivity contribution < 1.29 is 13.2 Å². The second-order valence-corrected chi connectivity index (χ2v) is 9.16. The van der Waals surface area contributed by atoms with Crippen molar-refractivity contribution >= 4 is 27.5 Å². The number of aryl methyl sites for hydroxylation is 1. The number of hydrogen-bond acceptors (Lipinski definition) is 3. The first-order chi connectivity index (χ1) is 12.2. The number of nitrogens with zero attached hydrogens (tertiary/aromatic N) is 2. The molecule has 0 heterocycles. The van der Waals surface area contributed by atoms with Crippen molar-refractivity contribution in [2.24, 2.45) is 0 Å². The lowest BCUT2D eigenvalue weighted by Crippen LogP contribution is -2.30. The molecular weight excluding hydrogens is 372 g/mol. The summed E-state index contributed by atoms with van der Waals surface area (Å²) in [4.78, 5) is 14.7. The number of rotatable bonds is 4. The van der Waals surface area contributed by atoms with Crippen molar-refractivity contribution in [3.63, 3.8) is 0 Å². The molecule has 1 aliphatic rings. The van der Waals surface area contributed by atoms with Gasteiger partial charge in [0.15, 0.2) is 0 Å². The lowest BCUT2D eigenvalue weighted by Gasteiger charge is -2.26. The predicted molar refractivity (Wildman–Crippen MR) is 102 cm³/mol. The SMILES string of the molecule is CN(C(=O)c1cc(S(=O)(=O)N(C)C)ccc1Cl)[C@@H]1CCc2ccccc21. The van der Waals surface area contributed by atoms with E-state index in [9.17, 15) is 13.2 Å². The molecule has 0 unspecified atom stereocenters. The molecule has 0 spiro atoms. The molecule has 1 atom stereocenters. The van der Waals surface area contributed by atoms with E-state index in [2.05, 4.69) is 6.07 Å². The molecule has 5 nitrogen and oxygen atoms in total. The van der Waals surface area contributed by atoms with Crippen LogP contribution in [0.2, 0.25) is 5.02 Å². The van der Waals surface area contributed by atoms with E-state index in [1.165, 1.54) is 37.9 Å². The third-order valence-electron chi connectivity index (χ3n) is 4.84. The Bertz CT molecular complexity index is 957. The number of sulfonamides is 1. The Morgan fingerprint density at radius 1 is 1.12 bits per heavy atom. The normalized spacial score (nSPS) is 16.6. The van der Waals surface area contributed by atoms with Crippen LogP contribution in [-0.2, 0) is 16.4 Å². The zero-order chi connectivity index (χ0) is 19.1. The Hall–Kier alpha value is -1.89. The van der Waals surface area contributed by atoms with Crippen LogP contribution in [0.1, 0.15) is 33.9 Å². The van der Waals surface area contributed by atoms with Gasteiger partial charge in [-0.25, -0.2) is 12.7 Å². The molecule has 2 aromatic carbocycles. The zero-order valence-electron chi connectivity index (χ0n) is 14.9. The molecule has 0 fully saturated rings. The lowest BCUT2D eigenvalue weighted by atomic mass is 10.1. The van der Waals surface area contributed by atoms with Crippen LogP contribution in [0.25, 0.3) is 0 Å². The van der Waals surface area contributed by atoms with Gasteiger partial charge in [-0.05, 0) is 42.2 Å². The van der Waals surface area contributed by atoms with Crippen LogP contribution in [0.5, 0.6) is 0 Å². The molecule has 26 heavy (non-hydrogen) atoms. The molecule has 1 aliphatic carbocycles. The van der Waals surface area contributed by atoms with Crippen molar-refractivity contribution in [1.82, 2.24) is 9.21 Å². The Labute approximate surface area is 159 Å². The molecular formula is C19H21ClN2O3S. The maximum Gasteiger partial charge on any atom is 0.255 e. The second kappa shape index (κ2) is 7.02. The average Bonchev–Trinajstić information content (AvgIpc) is 3.04. The summed E-state index contributed by atoms with van der Waals surface area (Å²) in [5.41, 5.74) is 2.57. The number of fused-ring (bicyclic) bond motifs is 1. The highest BCUT2D eigenvalue weighted by Crippen LogP contribution is 2.36. The Morgan fingerprint density at radius 3 is 2.50 bits per heavy atom. The first kappa shape index (κ1) is 18.9. The smallest absolute Gasteiger partial charge is 0.255 e. The highest BCUT2D eigenvalue weighted by Gasteiger charge is 2.30. The van der Waals surface area contributed by atoms with Crippen LogP contribution >= 0.6 is 11.6 Å². The van der Waals surface area contributed by atoms with Crippen molar-refractivity contribution in [2.45, 2.75) is 23.8 Å². The molecule has 2 aromatic rings. The molecule has 0 saturated heterocycles. The van der Waals surface area contributed by atoms with Gasteiger partial charge in [0.1, 0.15) is 0 Å². The van der Waals surface area contributed by atoms with Crippen molar-refractivity contribution in [2.75, 3.05) is 21.1 Å². The van der Waals surface area contributed by atoms with E-state index in [0.717, 1.165) is 22.7 Å². The summed E-state index contributed by atoms with van der Waals surface area (Å²) < 4.78 is 25.8. The van der Waals surface area contributed by atoms with Gasteiger partial charge in [-0.15, -0.1) is 0 Å². The molecule has 0 N–H and O–H groups in total. The third-order valence-corrected chi connectivity index (χ3v) is 6.98. The van der Waals surface area contributed by atoms with Crippen LogP contribution in [0, 0.1) is 0 Å². The van der Waals surface area contributed by atoms with E-state index in [4.69, 9.17) is 11.6 Å². The fourth-order valence-electron chi connectivity index (χ4n) is 3.31. The minimum atomic E-state index is -3.64. The molecule has 3 rings (SSSR count). The van der Waals surface area contributed by atoms with Gasteiger partial charge in [0.2, 0.25) is 10.0 Å². The van der Waals surface area contributed by atoms with E-state index in [1.807, 2.05) is 18.2 Å². The molecule has 7 heteroatoms. The third kappa shape index (κ3) is 3.24. The molecule has 0 bridgehead atoms. The topological polar surface area (TPSA) is 57.7 Å². The molecule has 1 amide bonds. The summed E-state index contributed by atoms with van der Waals surface area (Å²) in [6, 6.07) is 12.3. The van der Waals surface area contributed by atoms with Crippen LogP contribution in [0.3, 0.4) is 0 Å². The average molecular weight is 393 g/mol. The van der Waals surface area contributed by atoms with Gasteiger partial charge >= 0.3 is 0 Å². The monoisotopic (exact) mass is 392 g/mol. The van der Waals surface area contributed by atoms with Crippen molar-refractivity contribution in [3.8, 4) is 0 Å². The Balaban J connectivity index is 1.96. The molecule has 0 radical (unpaired) electrons. The van der Waals surface area contributed by atoms with E-state index < -0.39 is 10.0 Å². The maximum atomic E-state index is 13.0. The Morgan fingerprint density at radius 2 is 1.81 bits per heavy atom. The van der Waals surface area contributed by atoms with Gasteiger partial charge in [0, 0.05) is 21.1 Å². The van der Waals surface area contributed by atoms with Crippen LogP contribution in [-0.4, -0.2) is 44.7 Å².